The molecule has 2 heteroatoms. The molecule has 2 nitrogen and oxygen atoms in total. The summed E-state index contributed by atoms with van der Waals surface area (Å²) in [6, 6.07) is 15.8. The molecule has 2 aromatic carbocycles. The third-order valence-electron chi connectivity index (χ3n) is 3.99. The van der Waals surface area contributed by atoms with Crippen molar-refractivity contribution in [3.8, 4) is 0 Å². The first-order valence-corrected chi connectivity index (χ1v) is 7.64. The second kappa shape index (κ2) is 5.45. The number of hydrogen-bond donors (Lipinski definition) is 1. The molecular weight excluding hydrogens is 270 g/mol. The third kappa shape index (κ3) is 2.96. The highest BCUT2D eigenvalue weighted by atomic mass is 16.1. The first kappa shape index (κ1) is 14.6. The SMILES string of the molecule is Cc1ccc2c(c1)CC(C)(C)N/C2=C\C(=O)c1ccccc1. The molecule has 0 radical (unpaired) electrons. The number of ketones is 1. The Hall–Kier alpha value is -2.35. The minimum atomic E-state index is -0.0520. The highest BCUT2D eigenvalue weighted by molar-refractivity contribution is 6.08. The molecule has 0 fully saturated rings. The van der Waals surface area contributed by atoms with Crippen LogP contribution in [0.2, 0.25) is 0 Å². The monoisotopic (exact) mass is 291 g/mol. The van der Waals surface area contributed by atoms with E-state index in [-0.39, 0.29) is 11.3 Å². The third-order valence-corrected chi connectivity index (χ3v) is 3.99. The molecule has 0 atom stereocenters. The summed E-state index contributed by atoms with van der Waals surface area (Å²) in [5, 5.41) is 3.51. The Morgan fingerprint density at radius 1 is 1.14 bits per heavy atom. The molecule has 1 N–H and O–H groups in total. The van der Waals surface area contributed by atoms with E-state index in [1.807, 2.05) is 30.3 Å². The first-order chi connectivity index (χ1) is 10.4. The number of benzene rings is 2. The van der Waals surface area contributed by atoms with Crippen molar-refractivity contribution in [2.45, 2.75) is 32.7 Å². The molecular formula is C20H21NO. The summed E-state index contributed by atoms with van der Waals surface area (Å²) in [5.41, 5.74) is 5.27. The zero-order chi connectivity index (χ0) is 15.7. The topological polar surface area (TPSA) is 29.1 Å². The van der Waals surface area contributed by atoms with Crippen LogP contribution in [0.5, 0.6) is 0 Å². The summed E-state index contributed by atoms with van der Waals surface area (Å²) in [6.07, 6.45) is 2.69. The van der Waals surface area contributed by atoms with Gasteiger partial charge in [-0.3, -0.25) is 4.79 Å². The summed E-state index contributed by atoms with van der Waals surface area (Å²) in [5.74, 6) is 0.0346. The Balaban J connectivity index is 2.03. The number of fused-ring (bicyclic) bond motifs is 1. The van der Waals surface area contributed by atoms with E-state index in [1.165, 1.54) is 11.1 Å². The molecule has 22 heavy (non-hydrogen) atoms. The van der Waals surface area contributed by atoms with Gasteiger partial charge < -0.3 is 5.32 Å². The highest BCUT2D eigenvalue weighted by Gasteiger charge is 2.27. The van der Waals surface area contributed by atoms with Gasteiger partial charge in [0.05, 0.1) is 0 Å². The molecule has 112 valence electrons. The average molecular weight is 291 g/mol. The van der Waals surface area contributed by atoms with Crippen molar-refractivity contribution in [1.82, 2.24) is 5.32 Å². The van der Waals surface area contributed by atoms with Gasteiger partial charge in [0.25, 0.3) is 0 Å². The predicted octanol–water partition coefficient (Wildman–Crippen LogP) is 4.14. The molecule has 1 aliphatic rings. The molecule has 2 aromatic rings. The van der Waals surface area contributed by atoms with Crippen LogP contribution in [0.4, 0.5) is 0 Å². The fourth-order valence-electron chi connectivity index (χ4n) is 3.01. The van der Waals surface area contributed by atoms with E-state index in [0.29, 0.717) is 5.56 Å². The van der Waals surface area contributed by atoms with Crippen molar-refractivity contribution in [3.63, 3.8) is 0 Å². The standard InChI is InChI=1S/C20H21NO/c1-14-9-10-17-16(11-14)13-20(2,3)21-18(17)12-19(22)15-7-5-4-6-8-15/h4-12,21H,13H2,1-3H3/b18-12-. The molecule has 3 rings (SSSR count). The van der Waals surface area contributed by atoms with Crippen molar-refractivity contribution >= 4 is 11.5 Å². The van der Waals surface area contributed by atoms with E-state index < -0.39 is 0 Å². The maximum atomic E-state index is 12.5. The fourth-order valence-corrected chi connectivity index (χ4v) is 3.01. The molecule has 0 saturated carbocycles. The van der Waals surface area contributed by atoms with Gasteiger partial charge in [0.1, 0.15) is 0 Å². The Morgan fingerprint density at radius 3 is 2.59 bits per heavy atom. The van der Waals surface area contributed by atoms with Crippen LogP contribution in [-0.4, -0.2) is 11.3 Å². The summed E-state index contributed by atoms with van der Waals surface area (Å²) in [4.78, 5) is 12.5. The zero-order valence-electron chi connectivity index (χ0n) is 13.3. The van der Waals surface area contributed by atoms with Crippen LogP contribution in [0.25, 0.3) is 5.70 Å². The van der Waals surface area contributed by atoms with Crippen LogP contribution in [0, 0.1) is 6.92 Å². The van der Waals surface area contributed by atoms with Crippen molar-refractivity contribution in [2.75, 3.05) is 0 Å². The van der Waals surface area contributed by atoms with E-state index in [0.717, 1.165) is 17.7 Å². The van der Waals surface area contributed by atoms with Gasteiger partial charge in [0.15, 0.2) is 5.78 Å². The van der Waals surface area contributed by atoms with Crippen molar-refractivity contribution in [3.05, 3.63) is 76.9 Å². The Labute approximate surface area is 131 Å². The molecule has 0 aromatic heterocycles. The lowest BCUT2D eigenvalue weighted by Gasteiger charge is -2.35. The smallest absolute Gasteiger partial charge is 0.187 e. The lowest BCUT2D eigenvalue weighted by Crippen LogP contribution is -2.43. The number of hydrogen-bond acceptors (Lipinski definition) is 2. The molecule has 0 aliphatic carbocycles. The molecule has 0 unspecified atom stereocenters. The summed E-state index contributed by atoms with van der Waals surface area (Å²) in [6.45, 7) is 6.44. The first-order valence-electron chi connectivity index (χ1n) is 7.64. The number of allylic oxidation sites excluding steroid dienone is 1. The molecule has 0 saturated heterocycles. The van der Waals surface area contributed by atoms with E-state index in [2.05, 4.69) is 44.3 Å². The van der Waals surface area contributed by atoms with Gasteiger partial charge in [-0.1, -0.05) is 54.1 Å². The van der Waals surface area contributed by atoms with Gasteiger partial charge in [0.2, 0.25) is 0 Å². The maximum absolute atomic E-state index is 12.5. The maximum Gasteiger partial charge on any atom is 0.187 e. The predicted molar refractivity (Wildman–Crippen MR) is 90.8 cm³/mol. The van der Waals surface area contributed by atoms with Crippen molar-refractivity contribution < 1.29 is 4.79 Å². The molecule has 0 bridgehead atoms. The van der Waals surface area contributed by atoms with Crippen LogP contribution in [0.3, 0.4) is 0 Å². The highest BCUT2D eigenvalue weighted by Crippen LogP contribution is 2.30. The summed E-state index contributed by atoms with van der Waals surface area (Å²) in [7, 11) is 0. The van der Waals surface area contributed by atoms with Crippen LogP contribution >= 0.6 is 0 Å². The van der Waals surface area contributed by atoms with Gasteiger partial charge in [-0.05, 0) is 32.8 Å². The van der Waals surface area contributed by atoms with E-state index in [4.69, 9.17) is 0 Å². The molecule has 1 heterocycles. The quantitative estimate of drug-likeness (QED) is 0.665. The van der Waals surface area contributed by atoms with Gasteiger partial charge in [-0.25, -0.2) is 0 Å². The number of carbonyl (C=O) groups excluding carboxylic acids is 1. The number of nitrogens with one attached hydrogen (secondary N) is 1. The van der Waals surface area contributed by atoms with Gasteiger partial charge >= 0.3 is 0 Å². The lowest BCUT2D eigenvalue weighted by atomic mass is 9.84. The fraction of sp³-hybridized carbons (Fsp3) is 0.250. The Bertz CT molecular complexity index is 742. The summed E-state index contributed by atoms with van der Waals surface area (Å²) >= 11 is 0. The molecule has 0 amide bonds. The second-order valence-corrected chi connectivity index (χ2v) is 6.63. The Kier molecular flexibility index (Phi) is 3.61. The lowest BCUT2D eigenvalue weighted by molar-refractivity contribution is 0.104. The van der Waals surface area contributed by atoms with Crippen LogP contribution in [-0.2, 0) is 6.42 Å². The van der Waals surface area contributed by atoms with Crippen LogP contribution < -0.4 is 5.32 Å². The van der Waals surface area contributed by atoms with Crippen LogP contribution in [0.1, 0.15) is 40.9 Å². The summed E-state index contributed by atoms with van der Waals surface area (Å²) < 4.78 is 0. The normalized spacial score (nSPS) is 17.7. The second-order valence-electron chi connectivity index (χ2n) is 6.63. The van der Waals surface area contributed by atoms with E-state index in [9.17, 15) is 4.79 Å². The largest absolute Gasteiger partial charge is 0.379 e. The number of rotatable bonds is 2. The minimum absolute atomic E-state index is 0.0346. The van der Waals surface area contributed by atoms with E-state index in [1.54, 1.807) is 6.08 Å². The Morgan fingerprint density at radius 2 is 1.86 bits per heavy atom. The van der Waals surface area contributed by atoms with E-state index >= 15 is 0 Å². The van der Waals surface area contributed by atoms with Crippen molar-refractivity contribution in [2.24, 2.45) is 0 Å². The van der Waals surface area contributed by atoms with Crippen molar-refractivity contribution in [1.29, 1.82) is 0 Å². The molecule has 0 spiro atoms. The molecule has 1 aliphatic heterocycles. The van der Waals surface area contributed by atoms with Crippen LogP contribution in [0.15, 0.2) is 54.6 Å². The van der Waals surface area contributed by atoms with Gasteiger partial charge in [-0.15, -0.1) is 0 Å². The van der Waals surface area contributed by atoms with Gasteiger partial charge in [0, 0.05) is 28.4 Å². The zero-order valence-corrected chi connectivity index (χ0v) is 13.3. The minimum Gasteiger partial charge on any atom is -0.379 e. The number of carbonyl (C=O) groups is 1. The average Bonchev–Trinajstić information content (AvgIpc) is 2.46. The number of aryl methyl sites for hydroxylation is 1. The van der Waals surface area contributed by atoms with Gasteiger partial charge in [-0.2, -0.15) is 0 Å².